The second-order valence-corrected chi connectivity index (χ2v) is 5.05. The van der Waals surface area contributed by atoms with Crippen LogP contribution < -0.4 is 5.63 Å². The summed E-state index contributed by atoms with van der Waals surface area (Å²) in [5.41, 5.74) is 1.79. The molecule has 1 aromatic heterocycles. The number of hydrogen-bond acceptors (Lipinski definition) is 2. The van der Waals surface area contributed by atoms with E-state index in [1.807, 2.05) is 60.7 Å². The zero-order chi connectivity index (χ0) is 14.2. The van der Waals surface area contributed by atoms with E-state index in [0.29, 0.717) is 11.1 Å². The van der Waals surface area contributed by atoms with Gasteiger partial charge in [-0.1, -0.05) is 54.6 Å². The maximum absolute atomic E-state index is 12.2. The van der Waals surface area contributed by atoms with E-state index < -0.39 is 0 Å². The molecule has 1 heterocycles. The van der Waals surface area contributed by atoms with Gasteiger partial charge in [0.15, 0.2) is 0 Å². The lowest BCUT2D eigenvalue weighted by atomic mass is 10.0. The molecule has 0 N–H and O–H groups in total. The molecule has 4 aromatic rings. The molecular formula is C19H12O2. The molecule has 100 valence electrons. The minimum atomic E-state index is -0.302. The molecule has 0 unspecified atom stereocenters. The van der Waals surface area contributed by atoms with E-state index in [-0.39, 0.29) is 5.63 Å². The Morgan fingerprint density at radius 1 is 0.667 bits per heavy atom. The van der Waals surface area contributed by atoms with E-state index >= 15 is 0 Å². The van der Waals surface area contributed by atoms with Crippen LogP contribution in [0.3, 0.4) is 0 Å². The predicted molar refractivity (Wildman–Crippen MR) is 85.4 cm³/mol. The monoisotopic (exact) mass is 272 g/mol. The zero-order valence-electron chi connectivity index (χ0n) is 11.2. The molecule has 0 radical (unpaired) electrons. The Balaban J connectivity index is 2.05. The first-order chi connectivity index (χ1) is 10.3. The van der Waals surface area contributed by atoms with Crippen LogP contribution in [0.25, 0.3) is 32.9 Å². The fourth-order valence-electron chi connectivity index (χ4n) is 2.63. The molecule has 0 aliphatic carbocycles. The average Bonchev–Trinajstić information content (AvgIpc) is 2.53. The summed E-state index contributed by atoms with van der Waals surface area (Å²) in [7, 11) is 0. The van der Waals surface area contributed by atoms with Gasteiger partial charge in [0.25, 0.3) is 0 Å². The first-order valence-corrected chi connectivity index (χ1v) is 6.83. The molecule has 21 heavy (non-hydrogen) atoms. The molecule has 0 aliphatic rings. The summed E-state index contributed by atoms with van der Waals surface area (Å²) in [6, 6.07) is 23.5. The Bertz CT molecular complexity index is 998. The van der Waals surface area contributed by atoms with Crippen molar-refractivity contribution in [2.45, 2.75) is 0 Å². The van der Waals surface area contributed by atoms with E-state index in [0.717, 1.165) is 21.7 Å². The Morgan fingerprint density at radius 3 is 2.10 bits per heavy atom. The highest BCUT2D eigenvalue weighted by atomic mass is 16.4. The molecule has 0 amide bonds. The summed E-state index contributed by atoms with van der Waals surface area (Å²) in [5.74, 6) is 0. The SMILES string of the molecule is O=c1oc2cc3ccccc3cc2cc1-c1ccccc1. The normalized spacial score (nSPS) is 11.0. The van der Waals surface area contributed by atoms with E-state index in [4.69, 9.17) is 4.42 Å². The van der Waals surface area contributed by atoms with Crippen molar-refractivity contribution in [1.82, 2.24) is 0 Å². The summed E-state index contributed by atoms with van der Waals surface area (Å²) in [6.45, 7) is 0. The van der Waals surface area contributed by atoms with Crippen LogP contribution in [-0.4, -0.2) is 0 Å². The van der Waals surface area contributed by atoms with Crippen LogP contribution in [0.5, 0.6) is 0 Å². The van der Waals surface area contributed by atoms with Crippen LogP contribution in [0, 0.1) is 0 Å². The van der Waals surface area contributed by atoms with Crippen molar-refractivity contribution in [1.29, 1.82) is 0 Å². The van der Waals surface area contributed by atoms with Gasteiger partial charge >= 0.3 is 5.63 Å². The minimum Gasteiger partial charge on any atom is -0.422 e. The van der Waals surface area contributed by atoms with Gasteiger partial charge in [0, 0.05) is 5.39 Å². The van der Waals surface area contributed by atoms with Crippen molar-refractivity contribution >= 4 is 21.7 Å². The van der Waals surface area contributed by atoms with Crippen LogP contribution in [-0.2, 0) is 0 Å². The van der Waals surface area contributed by atoms with Gasteiger partial charge in [0.1, 0.15) is 5.58 Å². The fraction of sp³-hybridized carbons (Fsp3) is 0. The Hall–Kier alpha value is -2.87. The van der Waals surface area contributed by atoms with E-state index in [2.05, 4.69) is 12.1 Å². The lowest BCUT2D eigenvalue weighted by Crippen LogP contribution is -2.02. The summed E-state index contributed by atoms with van der Waals surface area (Å²) in [6.07, 6.45) is 0. The molecule has 0 fully saturated rings. The van der Waals surface area contributed by atoms with Crippen LogP contribution in [0.2, 0.25) is 0 Å². The topological polar surface area (TPSA) is 30.2 Å². The van der Waals surface area contributed by atoms with Gasteiger partial charge < -0.3 is 4.42 Å². The van der Waals surface area contributed by atoms with Gasteiger partial charge in [0.2, 0.25) is 0 Å². The van der Waals surface area contributed by atoms with Gasteiger partial charge in [-0.2, -0.15) is 0 Å². The van der Waals surface area contributed by atoms with Crippen molar-refractivity contribution in [3.05, 3.63) is 83.2 Å². The quantitative estimate of drug-likeness (QED) is 0.374. The number of fused-ring (bicyclic) bond motifs is 2. The largest absolute Gasteiger partial charge is 0.422 e. The third-order valence-electron chi connectivity index (χ3n) is 3.69. The maximum Gasteiger partial charge on any atom is 0.344 e. The van der Waals surface area contributed by atoms with Gasteiger partial charge in [0.05, 0.1) is 5.56 Å². The first kappa shape index (κ1) is 11.9. The zero-order valence-corrected chi connectivity index (χ0v) is 11.2. The van der Waals surface area contributed by atoms with Gasteiger partial charge in [-0.15, -0.1) is 0 Å². The molecule has 0 saturated carbocycles. The van der Waals surface area contributed by atoms with E-state index in [9.17, 15) is 4.79 Å². The van der Waals surface area contributed by atoms with Crippen molar-refractivity contribution < 1.29 is 4.42 Å². The van der Waals surface area contributed by atoms with Crippen LogP contribution in [0.4, 0.5) is 0 Å². The van der Waals surface area contributed by atoms with Crippen molar-refractivity contribution in [3.8, 4) is 11.1 Å². The Labute approximate surface area is 121 Å². The Morgan fingerprint density at radius 2 is 1.33 bits per heavy atom. The second-order valence-electron chi connectivity index (χ2n) is 5.05. The highest BCUT2D eigenvalue weighted by molar-refractivity contribution is 5.96. The molecule has 0 saturated heterocycles. The molecule has 3 aromatic carbocycles. The molecule has 0 spiro atoms. The molecule has 2 nitrogen and oxygen atoms in total. The molecule has 2 heteroatoms. The van der Waals surface area contributed by atoms with E-state index in [1.54, 1.807) is 0 Å². The smallest absolute Gasteiger partial charge is 0.344 e. The van der Waals surface area contributed by atoms with Crippen molar-refractivity contribution in [3.63, 3.8) is 0 Å². The number of benzene rings is 3. The summed E-state index contributed by atoms with van der Waals surface area (Å²) in [4.78, 5) is 12.2. The Kier molecular flexibility index (Phi) is 2.61. The maximum atomic E-state index is 12.2. The molecule has 0 bridgehead atoms. The minimum absolute atomic E-state index is 0.302. The lowest BCUT2D eigenvalue weighted by Gasteiger charge is -2.04. The number of hydrogen-bond donors (Lipinski definition) is 0. The molecule has 0 aliphatic heterocycles. The van der Waals surface area contributed by atoms with E-state index in [1.165, 1.54) is 0 Å². The standard InChI is InChI=1S/C19H12O2/c20-19-17(13-6-2-1-3-7-13)11-16-10-14-8-4-5-9-15(14)12-18(16)21-19/h1-12H. The molecule has 4 rings (SSSR count). The average molecular weight is 272 g/mol. The summed E-state index contributed by atoms with van der Waals surface area (Å²) >= 11 is 0. The first-order valence-electron chi connectivity index (χ1n) is 6.83. The summed E-state index contributed by atoms with van der Waals surface area (Å²) < 4.78 is 5.50. The highest BCUT2D eigenvalue weighted by Gasteiger charge is 2.08. The second kappa shape index (κ2) is 4.60. The van der Waals surface area contributed by atoms with Crippen LogP contribution in [0.1, 0.15) is 0 Å². The van der Waals surface area contributed by atoms with Gasteiger partial charge in [-0.3, -0.25) is 0 Å². The van der Waals surface area contributed by atoms with Crippen LogP contribution in [0.15, 0.2) is 82.0 Å². The van der Waals surface area contributed by atoms with Crippen molar-refractivity contribution in [2.24, 2.45) is 0 Å². The predicted octanol–water partition coefficient (Wildman–Crippen LogP) is 4.61. The lowest BCUT2D eigenvalue weighted by molar-refractivity contribution is 0.564. The summed E-state index contributed by atoms with van der Waals surface area (Å²) in [5, 5.41) is 3.14. The van der Waals surface area contributed by atoms with Crippen molar-refractivity contribution in [2.75, 3.05) is 0 Å². The third kappa shape index (κ3) is 2.01. The molecular weight excluding hydrogens is 260 g/mol. The van der Waals surface area contributed by atoms with Gasteiger partial charge in [-0.25, -0.2) is 4.79 Å². The van der Waals surface area contributed by atoms with Crippen LogP contribution >= 0.6 is 0 Å². The van der Waals surface area contributed by atoms with Gasteiger partial charge in [-0.05, 0) is 34.5 Å². The third-order valence-corrected chi connectivity index (χ3v) is 3.69. The number of rotatable bonds is 1. The highest BCUT2D eigenvalue weighted by Crippen LogP contribution is 2.25. The fourth-order valence-corrected chi connectivity index (χ4v) is 2.63. The molecule has 0 atom stereocenters.